The van der Waals surface area contributed by atoms with Crippen LogP contribution in [0.4, 0.5) is 0 Å². The van der Waals surface area contributed by atoms with Crippen LogP contribution in [0.2, 0.25) is 0 Å². The van der Waals surface area contributed by atoms with Gasteiger partial charge in [0.15, 0.2) is 6.29 Å². The van der Waals surface area contributed by atoms with Gasteiger partial charge in [-0.25, -0.2) is 8.37 Å². The average molecular weight is 384 g/mol. The highest BCUT2D eigenvalue weighted by Crippen LogP contribution is 2.16. The summed E-state index contributed by atoms with van der Waals surface area (Å²) in [6, 6.07) is 17.0. The molecule has 0 fully saturated rings. The van der Waals surface area contributed by atoms with Crippen LogP contribution >= 0.6 is 0 Å². The van der Waals surface area contributed by atoms with Crippen LogP contribution in [-0.2, 0) is 40.1 Å². The molecule has 8 heteroatoms. The lowest BCUT2D eigenvalue weighted by Gasteiger charge is -2.16. The van der Waals surface area contributed by atoms with Crippen molar-refractivity contribution in [3.63, 3.8) is 0 Å². The fourth-order valence-corrected chi connectivity index (χ4v) is 4.50. The third-order valence-electron chi connectivity index (χ3n) is 3.21. The Balaban J connectivity index is 2.01. The predicted molar refractivity (Wildman–Crippen MR) is 94.4 cm³/mol. The van der Waals surface area contributed by atoms with Crippen LogP contribution in [0.5, 0.6) is 0 Å². The van der Waals surface area contributed by atoms with Gasteiger partial charge in [-0.2, -0.15) is 16.8 Å². The second-order valence-corrected chi connectivity index (χ2v) is 8.60. The molecule has 0 aliphatic carbocycles. The molecule has 0 bridgehead atoms. The topological polar surface area (TPSA) is 86.7 Å². The SMILES string of the molecule is CCC(OS(=O)(=O)Cc1ccccc1)OS(=O)(=O)Cc1ccccc1. The van der Waals surface area contributed by atoms with E-state index in [2.05, 4.69) is 0 Å². The molecular formula is C17H20O6S2. The van der Waals surface area contributed by atoms with E-state index in [0.29, 0.717) is 11.1 Å². The molecule has 25 heavy (non-hydrogen) atoms. The van der Waals surface area contributed by atoms with Gasteiger partial charge in [0.2, 0.25) is 0 Å². The monoisotopic (exact) mass is 384 g/mol. The van der Waals surface area contributed by atoms with Crippen LogP contribution in [0.3, 0.4) is 0 Å². The summed E-state index contributed by atoms with van der Waals surface area (Å²) >= 11 is 0. The van der Waals surface area contributed by atoms with E-state index in [0.717, 1.165) is 0 Å². The summed E-state index contributed by atoms with van der Waals surface area (Å²) in [5, 5.41) is 0. The molecule has 0 spiro atoms. The Kier molecular flexibility index (Phi) is 6.71. The minimum Gasteiger partial charge on any atom is -0.237 e. The fourth-order valence-electron chi connectivity index (χ4n) is 2.10. The van der Waals surface area contributed by atoms with Gasteiger partial charge in [-0.15, -0.1) is 0 Å². The van der Waals surface area contributed by atoms with Crippen LogP contribution in [0, 0.1) is 0 Å². The van der Waals surface area contributed by atoms with Gasteiger partial charge < -0.3 is 0 Å². The average Bonchev–Trinajstić information content (AvgIpc) is 2.54. The summed E-state index contributed by atoms with van der Waals surface area (Å²) in [4.78, 5) is 0. The van der Waals surface area contributed by atoms with Crippen LogP contribution in [0.15, 0.2) is 60.7 Å². The van der Waals surface area contributed by atoms with Crippen LogP contribution in [0.25, 0.3) is 0 Å². The van der Waals surface area contributed by atoms with Gasteiger partial charge in [0.05, 0.1) is 0 Å². The van der Waals surface area contributed by atoms with Crippen molar-refractivity contribution >= 4 is 20.2 Å². The van der Waals surface area contributed by atoms with Crippen molar-refractivity contribution in [2.75, 3.05) is 0 Å². The molecule has 2 rings (SSSR count). The normalized spacial score (nSPS) is 12.4. The molecule has 2 aromatic carbocycles. The predicted octanol–water partition coefficient (Wildman–Crippen LogP) is 2.82. The molecule has 0 heterocycles. The third-order valence-corrected chi connectivity index (χ3v) is 5.60. The van der Waals surface area contributed by atoms with Crippen LogP contribution in [-0.4, -0.2) is 23.1 Å². The summed E-state index contributed by atoms with van der Waals surface area (Å²) in [5.74, 6) is -0.709. The standard InChI is InChI=1S/C17H20O6S2/c1-2-17(22-24(18,19)13-15-9-5-3-6-10-15)23-25(20,21)14-16-11-7-4-8-12-16/h3-12,17H,2,13-14H2,1H3. The summed E-state index contributed by atoms with van der Waals surface area (Å²) < 4.78 is 58.3. The molecule has 0 unspecified atom stereocenters. The molecule has 0 aliphatic heterocycles. The molecule has 6 nitrogen and oxygen atoms in total. The van der Waals surface area contributed by atoms with Crippen molar-refractivity contribution in [1.29, 1.82) is 0 Å². The number of rotatable bonds is 9. The first-order valence-corrected chi connectivity index (χ1v) is 10.8. The van der Waals surface area contributed by atoms with Crippen LogP contribution in [0.1, 0.15) is 24.5 Å². The Morgan fingerprint density at radius 1 is 0.720 bits per heavy atom. The van der Waals surface area contributed by atoms with Gasteiger partial charge in [0, 0.05) is 0 Å². The van der Waals surface area contributed by atoms with E-state index in [9.17, 15) is 16.8 Å². The largest absolute Gasteiger partial charge is 0.274 e. The first-order chi connectivity index (χ1) is 11.8. The summed E-state index contributed by atoms with van der Waals surface area (Å²) in [7, 11) is -7.96. The van der Waals surface area contributed by atoms with Crippen molar-refractivity contribution in [2.45, 2.75) is 31.1 Å². The Morgan fingerprint density at radius 2 is 1.08 bits per heavy atom. The van der Waals surface area contributed by atoms with E-state index in [1.807, 2.05) is 0 Å². The molecule has 0 aliphatic rings. The maximum absolute atomic E-state index is 12.1. The molecule has 0 N–H and O–H groups in total. The number of benzene rings is 2. The van der Waals surface area contributed by atoms with E-state index in [1.54, 1.807) is 67.6 Å². The van der Waals surface area contributed by atoms with Crippen molar-refractivity contribution in [1.82, 2.24) is 0 Å². The second kappa shape index (κ2) is 8.57. The molecule has 0 atom stereocenters. The Morgan fingerprint density at radius 3 is 1.40 bits per heavy atom. The molecular weight excluding hydrogens is 364 g/mol. The highest BCUT2D eigenvalue weighted by Gasteiger charge is 2.25. The minimum atomic E-state index is -3.98. The first kappa shape index (κ1) is 19.6. The Bertz CT molecular complexity index is 788. The summed E-state index contributed by atoms with van der Waals surface area (Å²) in [6.45, 7) is 1.58. The maximum atomic E-state index is 12.1. The van der Waals surface area contributed by atoms with Gasteiger partial charge in [-0.05, 0) is 17.5 Å². The molecule has 0 saturated carbocycles. The van der Waals surface area contributed by atoms with Gasteiger partial charge in [-0.1, -0.05) is 67.6 Å². The van der Waals surface area contributed by atoms with Crippen molar-refractivity contribution in [2.24, 2.45) is 0 Å². The molecule has 2 aromatic rings. The lowest BCUT2D eigenvalue weighted by atomic mass is 10.2. The molecule has 0 amide bonds. The van der Waals surface area contributed by atoms with E-state index >= 15 is 0 Å². The molecule has 0 radical (unpaired) electrons. The lowest BCUT2D eigenvalue weighted by Crippen LogP contribution is -2.25. The zero-order chi connectivity index (χ0) is 18.3. The quantitative estimate of drug-likeness (QED) is 0.488. The zero-order valence-corrected chi connectivity index (χ0v) is 15.4. The van der Waals surface area contributed by atoms with E-state index in [4.69, 9.17) is 8.37 Å². The zero-order valence-electron chi connectivity index (χ0n) is 13.7. The van der Waals surface area contributed by atoms with Gasteiger partial charge in [0.1, 0.15) is 11.5 Å². The van der Waals surface area contributed by atoms with Crippen molar-refractivity contribution in [3.05, 3.63) is 71.8 Å². The number of hydrogen-bond donors (Lipinski definition) is 0. The highest BCUT2D eigenvalue weighted by molar-refractivity contribution is 7.86. The first-order valence-electron chi connectivity index (χ1n) is 7.69. The van der Waals surface area contributed by atoms with Crippen molar-refractivity contribution < 1.29 is 25.2 Å². The van der Waals surface area contributed by atoms with Gasteiger partial charge in [-0.3, -0.25) is 0 Å². The molecule has 0 saturated heterocycles. The van der Waals surface area contributed by atoms with E-state index in [-0.39, 0.29) is 17.9 Å². The van der Waals surface area contributed by atoms with Gasteiger partial charge in [0.25, 0.3) is 20.2 Å². The third kappa shape index (κ3) is 6.95. The van der Waals surface area contributed by atoms with Crippen LogP contribution < -0.4 is 0 Å². The van der Waals surface area contributed by atoms with Gasteiger partial charge >= 0.3 is 0 Å². The number of hydrogen-bond acceptors (Lipinski definition) is 6. The maximum Gasteiger partial charge on any atom is 0.274 e. The molecule has 0 aromatic heterocycles. The minimum absolute atomic E-state index is 0.0715. The van der Waals surface area contributed by atoms with E-state index < -0.39 is 26.5 Å². The fraction of sp³-hybridized carbons (Fsp3) is 0.294. The Hall–Kier alpha value is -1.74. The Labute approximate surface area is 148 Å². The highest BCUT2D eigenvalue weighted by atomic mass is 32.2. The smallest absolute Gasteiger partial charge is 0.237 e. The van der Waals surface area contributed by atoms with E-state index in [1.165, 1.54) is 0 Å². The van der Waals surface area contributed by atoms with Crippen molar-refractivity contribution in [3.8, 4) is 0 Å². The second-order valence-electron chi connectivity index (χ2n) is 5.41. The summed E-state index contributed by atoms with van der Waals surface area (Å²) in [6.07, 6.45) is -1.32. The molecule has 136 valence electrons. The lowest BCUT2D eigenvalue weighted by molar-refractivity contribution is 0.0144. The summed E-state index contributed by atoms with van der Waals surface area (Å²) in [5.41, 5.74) is 1.09.